The largest absolute Gasteiger partial charge is 0.497 e. The molecular weight excluding hydrogens is 476 g/mol. The van der Waals surface area contributed by atoms with Gasteiger partial charge in [0.05, 0.1) is 26.3 Å². The maximum atomic E-state index is 12.1. The van der Waals surface area contributed by atoms with Crippen LogP contribution in [0.5, 0.6) is 23.0 Å². The molecule has 0 spiro atoms. The predicted molar refractivity (Wildman–Crippen MR) is 141 cm³/mol. The van der Waals surface area contributed by atoms with E-state index in [4.69, 9.17) is 18.9 Å². The van der Waals surface area contributed by atoms with E-state index < -0.39 is 4.92 Å². The highest BCUT2D eigenvalue weighted by atomic mass is 16.6. The summed E-state index contributed by atoms with van der Waals surface area (Å²) in [6, 6.07) is 18.1. The molecule has 0 radical (unpaired) electrons. The van der Waals surface area contributed by atoms with Crippen LogP contribution in [-0.2, 0) is 11.3 Å². The maximum absolute atomic E-state index is 12.1. The maximum Gasteiger partial charge on any atom is 0.258 e. The van der Waals surface area contributed by atoms with Crippen LogP contribution in [0.2, 0.25) is 0 Å². The Bertz CT molecular complexity index is 1270. The molecule has 0 saturated carbocycles. The van der Waals surface area contributed by atoms with E-state index in [1.165, 1.54) is 20.3 Å². The molecule has 0 bridgehead atoms. The molecule has 0 aliphatic rings. The molecule has 3 aromatic rings. The number of methoxy groups -OCH3 is 3. The van der Waals surface area contributed by atoms with Crippen LogP contribution in [0.15, 0.2) is 66.9 Å². The van der Waals surface area contributed by atoms with Crippen molar-refractivity contribution in [2.45, 2.75) is 6.54 Å². The Morgan fingerprint density at radius 2 is 1.54 bits per heavy atom. The number of carbonyl (C=O) groups is 1. The number of amides is 1. The number of hydrogen-bond donors (Lipinski definition) is 1. The van der Waals surface area contributed by atoms with Crippen molar-refractivity contribution in [3.63, 3.8) is 0 Å². The van der Waals surface area contributed by atoms with Crippen LogP contribution in [-0.4, -0.2) is 38.8 Å². The molecular formula is C28H28N2O7. The van der Waals surface area contributed by atoms with Crippen molar-refractivity contribution < 1.29 is 28.7 Å². The molecule has 0 aliphatic heterocycles. The molecule has 192 valence electrons. The lowest BCUT2D eigenvalue weighted by atomic mass is 10.0. The standard InChI is InChI=1S/C28H28N2O7/c1-34-23-10-7-21(8-11-23)18-29-28(31)19-37-24-12-5-20(6-13-24)4-9-22-16-25(35-2)17-27(36-3)26(22)14-15-30(32)33/h4-17H,18-19H2,1-3H3,(H,29,31)/b9-4+,15-14+. The molecule has 1 N–H and O–H groups in total. The van der Waals surface area contributed by atoms with E-state index in [1.807, 2.05) is 48.6 Å². The third-order valence-electron chi connectivity index (χ3n) is 5.32. The molecule has 0 saturated heterocycles. The number of hydrogen-bond acceptors (Lipinski definition) is 7. The summed E-state index contributed by atoms with van der Waals surface area (Å²) in [4.78, 5) is 22.4. The van der Waals surface area contributed by atoms with Gasteiger partial charge in [-0.15, -0.1) is 0 Å². The van der Waals surface area contributed by atoms with Gasteiger partial charge in [0.1, 0.15) is 23.0 Å². The quantitative estimate of drug-likeness (QED) is 0.214. The van der Waals surface area contributed by atoms with E-state index in [-0.39, 0.29) is 12.5 Å². The second-order valence-corrected chi connectivity index (χ2v) is 7.75. The van der Waals surface area contributed by atoms with E-state index in [9.17, 15) is 14.9 Å². The van der Waals surface area contributed by atoms with Crippen molar-refractivity contribution in [1.82, 2.24) is 5.32 Å². The first-order chi connectivity index (χ1) is 17.9. The van der Waals surface area contributed by atoms with E-state index in [0.29, 0.717) is 34.9 Å². The average molecular weight is 505 g/mol. The van der Waals surface area contributed by atoms with Crippen molar-refractivity contribution in [3.8, 4) is 23.0 Å². The minimum atomic E-state index is -0.533. The number of nitrogens with zero attached hydrogens (tertiary/aromatic N) is 1. The molecule has 0 aliphatic carbocycles. The van der Waals surface area contributed by atoms with Gasteiger partial charge in [-0.25, -0.2) is 0 Å². The SMILES string of the molecule is COc1ccc(CNC(=O)COc2ccc(/C=C/c3cc(OC)cc(OC)c3/C=C/[N+](=O)[O-])cc2)cc1. The van der Waals surface area contributed by atoms with Gasteiger partial charge in [0, 0.05) is 24.3 Å². The highest BCUT2D eigenvalue weighted by Gasteiger charge is 2.10. The van der Waals surface area contributed by atoms with Gasteiger partial charge in [0.2, 0.25) is 6.20 Å². The Morgan fingerprint density at radius 3 is 2.16 bits per heavy atom. The lowest BCUT2D eigenvalue weighted by Crippen LogP contribution is -2.28. The van der Waals surface area contributed by atoms with Crippen LogP contribution in [0, 0.1) is 10.1 Å². The first-order valence-corrected chi connectivity index (χ1v) is 11.3. The molecule has 3 rings (SSSR count). The normalized spacial score (nSPS) is 10.9. The van der Waals surface area contributed by atoms with Crippen molar-refractivity contribution >= 4 is 24.1 Å². The summed E-state index contributed by atoms with van der Waals surface area (Å²) in [5, 5.41) is 13.6. The average Bonchev–Trinajstić information content (AvgIpc) is 2.93. The molecule has 0 unspecified atom stereocenters. The molecule has 0 aromatic heterocycles. The zero-order valence-electron chi connectivity index (χ0n) is 20.8. The Labute approximate surface area is 215 Å². The molecule has 0 atom stereocenters. The van der Waals surface area contributed by atoms with E-state index in [1.54, 1.807) is 31.4 Å². The number of nitrogens with one attached hydrogen (secondary N) is 1. The molecule has 9 heteroatoms. The van der Waals surface area contributed by atoms with Crippen LogP contribution >= 0.6 is 0 Å². The Morgan fingerprint density at radius 1 is 0.865 bits per heavy atom. The summed E-state index contributed by atoms with van der Waals surface area (Å²) in [5.41, 5.74) is 3.05. The third-order valence-corrected chi connectivity index (χ3v) is 5.32. The summed E-state index contributed by atoms with van der Waals surface area (Å²) >= 11 is 0. The Hall–Kier alpha value is -4.79. The fourth-order valence-corrected chi connectivity index (χ4v) is 3.37. The number of rotatable bonds is 12. The van der Waals surface area contributed by atoms with Crippen LogP contribution in [0.1, 0.15) is 22.3 Å². The smallest absolute Gasteiger partial charge is 0.258 e. The van der Waals surface area contributed by atoms with Crippen molar-refractivity contribution in [2.24, 2.45) is 0 Å². The van der Waals surface area contributed by atoms with Crippen molar-refractivity contribution in [2.75, 3.05) is 27.9 Å². The summed E-state index contributed by atoms with van der Waals surface area (Å²) in [6.45, 7) is 0.283. The number of carbonyl (C=O) groups excluding carboxylic acids is 1. The van der Waals surface area contributed by atoms with E-state index >= 15 is 0 Å². The first kappa shape index (κ1) is 26.8. The monoisotopic (exact) mass is 504 g/mol. The molecule has 0 heterocycles. The summed E-state index contributed by atoms with van der Waals surface area (Å²) in [6.07, 6.45) is 5.91. The minimum absolute atomic E-state index is 0.110. The Balaban J connectivity index is 1.61. The van der Waals surface area contributed by atoms with Gasteiger partial charge in [-0.1, -0.05) is 36.4 Å². The van der Waals surface area contributed by atoms with Gasteiger partial charge in [-0.2, -0.15) is 0 Å². The minimum Gasteiger partial charge on any atom is -0.497 e. The van der Waals surface area contributed by atoms with Crippen LogP contribution in [0.3, 0.4) is 0 Å². The molecule has 37 heavy (non-hydrogen) atoms. The predicted octanol–water partition coefficient (Wildman–Crippen LogP) is 4.83. The molecule has 9 nitrogen and oxygen atoms in total. The molecule has 1 amide bonds. The van der Waals surface area contributed by atoms with Crippen LogP contribution in [0.25, 0.3) is 18.2 Å². The topological polar surface area (TPSA) is 109 Å². The second kappa shape index (κ2) is 13.3. The van der Waals surface area contributed by atoms with Gasteiger partial charge < -0.3 is 24.3 Å². The summed E-state index contributed by atoms with van der Waals surface area (Å²) in [5.74, 6) is 2.08. The lowest BCUT2D eigenvalue weighted by molar-refractivity contribution is -0.400. The second-order valence-electron chi connectivity index (χ2n) is 7.75. The molecule has 3 aromatic carbocycles. The fraction of sp³-hybridized carbons (Fsp3) is 0.179. The summed E-state index contributed by atoms with van der Waals surface area (Å²) in [7, 11) is 4.63. The summed E-state index contributed by atoms with van der Waals surface area (Å²) < 4.78 is 21.4. The highest BCUT2D eigenvalue weighted by molar-refractivity contribution is 5.79. The van der Waals surface area contributed by atoms with Crippen molar-refractivity contribution in [1.29, 1.82) is 0 Å². The van der Waals surface area contributed by atoms with Gasteiger partial charge in [-0.3, -0.25) is 14.9 Å². The zero-order chi connectivity index (χ0) is 26.6. The lowest BCUT2D eigenvalue weighted by Gasteiger charge is -2.11. The highest BCUT2D eigenvalue weighted by Crippen LogP contribution is 2.31. The zero-order valence-corrected chi connectivity index (χ0v) is 20.8. The number of benzene rings is 3. The van der Waals surface area contributed by atoms with Gasteiger partial charge in [-0.05, 0) is 47.0 Å². The van der Waals surface area contributed by atoms with E-state index in [2.05, 4.69) is 5.32 Å². The van der Waals surface area contributed by atoms with Crippen LogP contribution < -0.4 is 24.3 Å². The third kappa shape index (κ3) is 8.14. The first-order valence-electron chi connectivity index (χ1n) is 11.3. The van der Waals surface area contributed by atoms with Gasteiger partial charge in [0.25, 0.3) is 5.91 Å². The van der Waals surface area contributed by atoms with Crippen molar-refractivity contribution in [3.05, 3.63) is 99.2 Å². The molecule has 0 fully saturated rings. The van der Waals surface area contributed by atoms with Gasteiger partial charge >= 0.3 is 0 Å². The Kier molecular flexibility index (Phi) is 9.66. The fourth-order valence-electron chi connectivity index (χ4n) is 3.37. The van der Waals surface area contributed by atoms with Gasteiger partial charge in [0.15, 0.2) is 6.61 Å². The number of nitro groups is 1. The van der Waals surface area contributed by atoms with Crippen LogP contribution in [0.4, 0.5) is 0 Å². The van der Waals surface area contributed by atoms with E-state index in [0.717, 1.165) is 23.1 Å². The number of ether oxygens (including phenoxy) is 4.